The number of oxime groups is 1. The smallest absolute Gasteiger partial charge is 0.153 e. The summed E-state index contributed by atoms with van der Waals surface area (Å²) in [5, 5.41) is 9.35. The average Bonchev–Trinajstić information content (AvgIpc) is 1.72. The summed E-state index contributed by atoms with van der Waals surface area (Å²) in [7, 11) is 0. The Morgan fingerprint density at radius 3 is 2.83 bits per heavy atom. The van der Waals surface area contributed by atoms with Crippen molar-refractivity contribution >= 4 is 6.34 Å². The Bertz CT molecular complexity index is 65.5. The molecule has 1 rings (SSSR count). The van der Waals surface area contributed by atoms with Crippen LogP contribution in [0.3, 0.4) is 0 Å². The van der Waals surface area contributed by atoms with Crippen LogP contribution in [0.2, 0.25) is 0 Å². The maximum Gasteiger partial charge on any atom is 0.153 e. The largest absolute Gasteiger partial charge is 0.243 e. The molecule has 0 aromatic carbocycles. The molecule has 1 heterocycles. The molecule has 0 fully saturated rings. The second kappa shape index (κ2) is 1.34. The lowest BCUT2D eigenvalue weighted by Crippen LogP contribution is -2.02. The average molecular weight is 86.1 g/mol. The van der Waals surface area contributed by atoms with Crippen LogP contribution in [0.25, 0.3) is 0 Å². The van der Waals surface area contributed by atoms with Crippen molar-refractivity contribution in [1.82, 2.24) is 5.43 Å². The van der Waals surface area contributed by atoms with Crippen LogP contribution in [0, 0.1) is 0 Å². The van der Waals surface area contributed by atoms with Crippen LogP contribution in [-0.2, 0) is 4.94 Å². The van der Waals surface area contributed by atoms with E-state index in [1.807, 2.05) is 0 Å². The van der Waals surface area contributed by atoms with Gasteiger partial charge in [0.05, 0.1) is 5.28 Å². The topological polar surface area (TPSA) is 58.3 Å². The molecule has 6 heavy (non-hydrogen) atoms. The molecule has 0 unspecified atom stereocenters. The summed E-state index contributed by atoms with van der Waals surface area (Å²) >= 11 is 0. The van der Waals surface area contributed by atoms with Crippen molar-refractivity contribution in [2.75, 3.05) is 0 Å². The van der Waals surface area contributed by atoms with Crippen LogP contribution in [0.5, 0.6) is 0 Å². The van der Waals surface area contributed by atoms with Crippen molar-refractivity contribution in [2.45, 2.75) is 0 Å². The van der Waals surface area contributed by atoms with Crippen molar-refractivity contribution in [3.05, 3.63) is 0 Å². The third kappa shape index (κ3) is 0.423. The third-order valence-corrected chi connectivity index (χ3v) is 0.293. The number of nitrogens with zero attached hydrogens (tertiary/aromatic N) is 3. The summed E-state index contributed by atoms with van der Waals surface area (Å²) in [5.74, 6) is 0. The minimum atomic E-state index is 1.28. The van der Waals surface area contributed by atoms with Gasteiger partial charge in [-0.15, -0.1) is 0 Å². The maximum absolute atomic E-state index is 4.03. The minimum Gasteiger partial charge on any atom is -0.243 e. The van der Waals surface area contributed by atoms with E-state index in [9.17, 15) is 0 Å². The van der Waals surface area contributed by atoms with E-state index >= 15 is 0 Å². The Kier molecular flexibility index (Phi) is 0.689. The number of hydrogen-bond acceptors (Lipinski definition) is 5. The highest BCUT2D eigenvalue weighted by Crippen LogP contribution is 1.78. The molecule has 1 aliphatic rings. The molecule has 32 valence electrons. The van der Waals surface area contributed by atoms with E-state index in [-0.39, 0.29) is 0 Å². The van der Waals surface area contributed by atoms with Crippen molar-refractivity contribution < 1.29 is 4.94 Å². The normalized spacial score (nSPS) is 16.0. The van der Waals surface area contributed by atoms with Gasteiger partial charge in [-0.3, -0.25) is 0 Å². The number of nitrogens with one attached hydrogen (secondary N) is 1. The fraction of sp³-hybridized carbons (Fsp3) is 0. The zero-order chi connectivity index (χ0) is 4.24. The quantitative estimate of drug-likeness (QED) is 0.445. The Balaban J connectivity index is 2.40. The second-order valence-corrected chi connectivity index (χ2v) is 0.627. The summed E-state index contributed by atoms with van der Waals surface area (Å²) in [6.45, 7) is 0. The van der Waals surface area contributed by atoms with Gasteiger partial charge in [0.15, 0.2) is 6.34 Å². The van der Waals surface area contributed by atoms with Crippen LogP contribution in [0.15, 0.2) is 15.7 Å². The van der Waals surface area contributed by atoms with Crippen LogP contribution in [0.1, 0.15) is 0 Å². The van der Waals surface area contributed by atoms with Gasteiger partial charge in [0.2, 0.25) is 0 Å². The molecule has 0 atom stereocenters. The molecular formula is CH2N4O. The van der Waals surface area contributed by atoms with Crippen LogP contribution >= 0.6 is 0 Å². The summed E-state index contributed by atoms with van der Waals surface area (Å²) < 4.78 is 0. The predicted octanol–water partition coefficient (Wildman–Crippen LogP) is -0.168. The predicted molar refractivity (Wildman–Crippen MR) is 17.6 cm³/mol. The number of rotatable bonds is 0. The zero-order valence-corrected chi connectivity index (χ0v) is 2.83. The Labute approximate surface area is 33.6 Å². The summed E-state index contributed by atoms with van der Waals surface area (Å²) in [5.41, 5.74) is 2.33. The van der Waals surface area contributed by atoms with Gasteiger partial charge in [-0.2, -0.15) is 0 Å². The standard InChI is InChI=1S/CH2N4O/c1-2-4-5-6-3-1/h1H,(H,2,3,5). The Morgan fingerprint density at radius 2 is 2.67 bits per heavy atom. The van der Waals surface area contributed by atoms with Crippen LogP contribution < -0.4 is 5.43 Å². The molecule has 0 aromatic rings. The molecule has 0 bridgehead atoms. The highest BCUT2D eigenvalue weighted by molar-refractivity contribution is 5.52. The van der Waals surface area contributed by atoms with Gasteiger partial charge in [0, 0.05) is 0 Å². The maximum atomic E-state index is 4.03. The molecule has 1 N–H and O–H groups in total. The van der Waals surface area contributed by atoms with Crippen molar-refractivity contribution in [2.24, 2.45) is 15.7 Å². The first-order chi connectivity index (χ1) is 3.00. The molecule has 0 aliphatic carbocycles. The molecule has 0 aromatic heterocycles. The molecule has 0 saturated heterocycles. The second-order valence-electron chi connectivity index (χ2n) is 0.627. The fourth-order valence-corrected chi connectivity index (χ4v) is 0.136. The SMILES string of the molecule is C1=NON=NN1. The molecule has 0 spiro atoms. The van der Waals surface area contributed by atoms with Gasteiger partial charge in [-0.25, -0.2) is 10.4 Å². The van der Waals surface area contributed by atoms with Gasteiger partial charge in [0.25, 0.3) is 0 Å². The minimum absolute atomic E-state index is 1.28. The van der Waals surface area contributed by atoms with E-state index in [1.54, 1.807) is 0 Å². The molecule has 0 saturated carbocycles. The monoisotopic (exact) mass is 86.0 g/mol. The zero-order valence-electron chi connectivity index (χ0n) is 2.83. The lowest BCUT2D eigenvalue weighted by molar-refractivity contribution is 0.121. The van der Waals surface area contributed by atoms with Crippen LogP contribution in [-0.4, -0.2) is 6.34 Å². The molecule has 1 aliphatic heterocycles. The molecule has 5 nitrogen and oxygen atoms in total. The van der Waals surface area contributed by atoms with Gasteiger partial charge in [-0.05, 0) is 10.4 Å². The highest BCUT2D eigenvalue weighted by atomic mass is 16.8. The first kappa shape index (κ1) is 3.08. The van der Waals surface area contributed by atoms with E-state index in [1.165, 1.54) is 6.34 Å². The van der Waals surface area contributed by atoms with Gasteiger partial charge >= 0.3 is 0 Å². The molecule has 5 heteroatoms. The Hall–Kier alpha value is -1.13. The van der Waals surface area contributed by atoms with Crippen LogP contribution in [0.4, 0.5) is 0 Å². The number of hydrogen-bond donors (Lipinski definition) is 1. The molecule has 0 radical (unpaired) electrons. The molecule has 0 amide bonds. The summed E-state index contributed by atoms with van der Waals surface area (Å²) in [4.78, 5) is 4.03. The first-order valence-electron chi connectivity index (χ1n) is 1.34. The summed E-state index contributed by atoms with van der Waals surface area (Å²) in [6.07, 6.45) is 1.28. The van der Waals surface area contributed by atoms with Crippen molar-refractivity contribution in [1.29, 1.82) is 0 Å². The van der Waals surface area contributed by atoms with Gasteiger partial charge in [-0.1, -0.05) is 0 Å². The lowest BCUT2D eigenvalue weighted by atomic mass is 11.4. The van der Waals surface area contributed by atoms with E-state index < -0.39 is 0 Å². The van der Waals surface area contributed by atoms with E-state index in [0.29, 0.717) is 0 Å². The van der Waals surface area contributed by atoms with E-state index in [4.69, 9.17) is 0 Å². The van der Waals surface area contributed by atoms with Crippen molar-refractivity contribution in [3.63, 3.8) is 0 Å². The first-order valence-corrected chi connectivity index (χ1v) is 1.34. The van der Waals surface area contributed by atoms with Gasteiger partial charge < -0.3 is 0 Å². The van der Waals surface area contributed by atoms with Crippen molar-refractivity contribution in [3.8, 4) is 0 Å². The highest BCUT2D eigenvalue weighted by Gasteiger charge is 1.76. The van der Waals surface area contributed by atoms with E-state index in [2.05, 4.69) is 26.0 Å². The fourth-order valence-electron chi connectivity index (χ4n) is 0.136. The Morgan fingerprint density at radius 1 is 1.67 bits per heavy atom. The third-order valence-electron chi connectivity index (χ3n) is 0.293. The lowest BCUT2D eigenvalue weighted by Gasteiger charge is -1.88. The van der Waals surface area contributed by atoms with E-state index in [0.717, 1.165) is 0 Å². The van der Waals surface area contributed by atoms with Gasteiger partial charge in [0.1, 0.15) is 0 Å². The molecular weight excluding hydrogens is 84.0 g/mol. The summed E-state index contributed by atoms with van der Waals surface area (Å²) in [6, 6.07) is 0.